The van der Waals surface area contributed by atoms with Gasteiger partial charge in [0, 0.05) is 32.2 Å². The number of hydrogen-bond acceptors (Lipinski definition) is 6. The molecule has 0 N–H and O–H groups in total. The summed E-state index contributed by atoms with van der Waals surface area (Å²) in [6.07, 6.45) is 2.82. The van der Waals surface area contributed by atoms with E-state index in [1.165, 1.54) is 14.0 Å². The SMILES string of the molecule is COC(=O)CCCN1CCSC(=Cc2cc(C(C)C)c(OC(C)=O)c(C(C)C)c2)C1=O. The van der Waals surface area contributed by atoms with Gasteiger partial charge >= 0.3 is 11.9 Å². The second-order valence-electron chi connectivity index (χ2n) is 8.26. The molecule has 1 aliphatic heterocycles. The summed E-state index contributed by atoms with van der Waals surface area (Å²) in [7, 11) is 1.37. The molecule has 1 heterocycles. The van der Waals surface area contributed by atoms with Gasteiger partial charge in [0.15, 0.2) is 0 Å². The smallest absolute Gasteiger partial charge is 0.308 e. The zero-order valence-corrected chi connectivity index (χ0v) is 20.1. The van der Waals surface area contributed by atoms with Crippen molar-refractivity contribution in [2.24, 2.45) is 0 Å². The Morgan fingerprint density at radius 2 is 1.77 bits per heavy atom. The molecule has 0 bridgehead atoms. The van der Waals surface area contributed by atoms with E-state index in [1.807, 2.05) is 18.2 Å². The molecule has 1 saturated heterocycles. The molecular weight excluding hydrogens is 414 g/mol. The lowest BCUT2D eigenvalue weighted by Gasteiger charge is -2.28. The highest BCUT2D eigenvalue weighted by atomic mass is 32.2. The number of rotatable bonds is 8. The van der Waals surface area contributed by atoms with E-state index in [9.17, 15) is 14.4 Å². The van der Waals surface area contributed by atoms with Crippen molar-refractivity contribution in [1.82, 2.24) is 4.90 Å². The van der Waals surface area contributed by atoms with Gasteiger partial charge in [-0.3, -0.25) is 14.4 Å². The molecule has 0 spiro atoms. The second-order valence-corrected chi connectivity index (χ2v) is 9.40. The van der Waals surface area contributed by atoms with Gasteiger partial charge in [-0.2, -0.15) is 0 Å². The van der Waals surface area contributed by atoms with Crippen LogP contribution in [0.5, 0.6) is 5.75 Å². The molecule has 1 aliphatic rings. The van der Waals surface area contributed by atoms with Gasteiger partial charge < -0.3 is 14.4 Å². The van der Waals surface area contributed by atoms with Crippen molar-refractivity contribution in [2.75, 3.05) is 26.0 Å². The summed E-state index contributed by atoms with van der Waals surface area (Å²) in [5, 5.41) is 0. The first kappa shape index (κ1) is 25.0. The van der Waals surface area contributed by atoms with Gasteiger partial charge in [-0.15, -0.1) is 11.8 Å². The third-order valence-corrected chi connectivity index (χ3v) is 6.10. The molecule has 1 fully saturated rings. The molecule has 0 saturated carbocycles. The standard InChI is InChI=1S/C24H33NO5S/c1-15(2)19-12-18(13-20(16(3)4)23(19)30-17(5)26)14-21-24(28)25(10-11-31-21)9-7-8-22(27)29-6/h12-16H,7-11H2,1-6H3. The van der Waals surface area contributed by atoms with E-state index in [1.54, 1.807) is 16.7 Å². The fraction of sp³-hybridized carbons (Fsp3) is 0.542. The monoisotopic (exact) mass is 447 g/mol. The number of carbonyl (C=O) groups excluding carboxylic acids is 3. The van der Waals surface area contributed by atoms with Crippen molar-refractivity contribution in [2.45, 2.75) is 59.3 Å². The minimum Gasteiger partial charge on any atom is -0.469 e. The molecule has 170 valence electrons. The molecule has 0 unspecified atom stereocenters. The average molecular weight is 448 g/mol. The topological polar surface area (TPSA) is 72.9 Å². The van der Waals surface area contributed by atoms with Crippen LogP contribution >= 0.6 is 11.8 Å². The fourth-order valence-corrected chi connectivity index (χ4v) is 4.47. The molecule has 6 nitrogen and oxygen atoms in total. The summed E-state index contributed by atoms with van der Waals surface area (Å²) in [4.78, 5) is 38.5. The Labute approximate surface area is 189 Å². The van der Waals surface area contributed by atoms with Crippen molar-refractivity contribution in [1.29, 1.82) is 0 Å². The van der Waals surface area contributed by atoms with Gasteiger partial charge in [-0.25, -0.2) is 0 Å². The van der Waals surface area contributed by atoms with E-state index >= 15 is 0 Å². The number of benzene rings is 1. The molecule has 0 aliphatic carbocycles. The van der Waals surface area contributed by atoms with Crippen LogP contribution in [0.15, 0.2) is 17.0 Å². The van der Waals surface area contributed by atoms with Gasteiger partial charge in [-0.05, 0) is 53.2 Å². The number of thioether (sulfide) groups is 1. The lowest BCUT2D eigenvalue weighted by molar-refractivity contribution is -0.141. The lowest BCUT2D eigenvalue weighted by Crippen LogP contribution is -2.37. The minimum atomic E-state index is -0.337. The highest BCUT2D eigenvalue weighted by Gasteiger charge is 2.25. The molecule has 0 atom stereocenters. The molecule has 1 aromatic carbocycles. The predicted octanol–water partition coefficient (Wildman–Crippen LogP) is 4.73. The summed E-state index contributed by atoms with van der Waals surface area (Å²) in [5.74, 6) is 1.16. The summed E-state index contributed by atoms with van der Waals surface area (Å²) < 4.78 is 10.2. The van der Waals surface area contributed by atoms with Crippen LogP contribution in [0.4, 0.5) is 0 Å². The number of esters is 2. The van der Waals surface area contributed by atoms with E-state index in [0.717, 1.165) is 22.4 Å². The van der Waals surface area contributed by atoms with Gasteiger partial charge in [-0.1, -0.05) is 27.7 Å². The maximum Gasteiger partial charge on any atom is 0.308 e. The number of nitrogens with zero attached hydrogens (tertiary/aromatic N) is 1. The van der Waals surface area contributed by atoms with E-state index < -0.39 is 0 Å². The molecule has 2 rings (SSSR count). The average Bonchev–Trinajstić information content (AvgIpc) is 2.70. The molecule has 0 radical (unpaired) electrons. The Balaban J connectivity index is 2.33. The Morgan fingerprint density at radius 1 is 1.16 bits per heavy atom. The number of amides is 1. The first-order valence-electron chi connectivity index (χ1n) is 10.7. The number of methoxy groups -OCH3 is 1. The van der Waals surface area contributed by atoms with Crippen LogP contribution in [-0.4, -0.2) is 48.7 Å². The first-order chi connectivity index (χ1) is 14.6. The van der Waals surface area contributed by atoms with Gasteiger partial charge in [0.1, 0.15) is 5.75 Å². The summed E-state index contributed by atoms with van der Waals surface area (Å²) in [5.41, 5.74) is 2.84. The summed E-state index contributed by atoms with van der Waals surface area (Å²) >= 11 is 1.55. The Morgan fingerprint density at radius 3 is 2.29 bits per heavy atom. The minimum absolute atomic E-state index is 0.0117. The van der Waals surface area contributed by atoms with Crippen LogP contribution in [0.25, 0.3) is 6.08 Å². The van der Waals surface area contributed by atoms with Crippen molar-refractivity contribution in [3.8, 4) is 5.75 Å². The van der Waals surface area contributed by atoms with Crippen molar-refractivity contribution in [3.05, 3.63) is 33.7 Å². The van der Waals surface area contributed by atoms with E-state index in [2.05, 4.69) is 32.4 Å². The van der Waals surface area contributed by atoms with E-state index in [4.69, 9.17) is 4.74 Å². The number of hydrogen-bond donors (Lipinski definition) is 0. The first-order valence-corrected chi connectivity index (χ1v) is 11.7. The van der Waals surface area contributed by atoms with Crippen LogP contribution in [0, 0.1) is 0 Å². The fourth-order valence-electron chi connectivity index (χ4n) is 3.47. The van der Waals surface area contributed by atoms with Crippen molar-refractivity contribution >= 4 is 35.7 Å². The van der Waals surface area contributed by atoms with Crippen LogP contribution in [0.3, 0.4) is 0 Å². The molecule has 1 amide bonds. The summed E-state index contributed by atoms with van der Waals surface area (Å²) in [6, 6.07) is 4.01. The Bertz CT molecular complexity index is 831. The van der Waals surface area contributed by atoms with Crippen LogP contribution in [0.1, 0.15) is 76.0 Å². The molecule has 0 aromatic heterocycles. The normalized spacial score (nSPS) is 15.7. The summed E-state index contributed by atoms with van der Waals surface area (Å²) in [6.45, 7) is 10.9. The molecule has 1 aromatic rings. The third kappa shape index (κ3) is 6.86. The van der Waals surface area contributed by atoms with Crippen LogP contribution < -0.4 is 4.74 Å². The highest BCUT2D eigenvalue weighted by Crippen LogP contribution is 2.37. The maximum atomic E-state index is 13.0. The largest absolute Gasteiger partial charge is 0.469 e. The van der Waals surface area contributed by atoms with Gasteiger partial charge in [0.25, 0.3) is 5.91 Å². The second kappa shape index (κ2) is 11.4. The zero-order chi connectivity index (χ0) is 23.1. The zero-order valence-electron chi connectivity index (χ0n) is 19.3. The Kier molecular flexibility index (Phi) is 9.16. The molecule has 31 heavy (non-hydrogen) atoms. The molecular formula is C24H33NO5S. The third-order valence-electron chi connectivity index (χ3n) is 5.11. The Hall–Kier alpha value is -2.28. The quantitative estimate of drug-likeness (QED) is 0.326. The lowest BCUT2D eigenvalue weighted by atomic mass is 9.91. The number of ether oxygens (including phenoxy) is 2. The number of carbonyl (C=O) groups is 3. The van der Waals surface area contributed by atoms with Gasteiger partial charge in [0.05, 0.1) is 12.0 Å². The van der Waals surface area contributed by atoms with E-state index in [0.29, 0.717) is 36.6 Å². The predicted molar refractivity (Wildman–Crippen MR) is 124 cm³/mol. The van der Waals surface area contributed by atoms with Crippen LogP contribution in [0.2, 0.25) is 0 Å². The molecule has 7 heteroatoms. The van der Waals surface area contributed by atoms with Gasteiger partial charge in [0.2, 0.25) is 0 Å². The van der Waals surface area contributed by atoms with Crippen molar-refractivity contribution in [3.63, 3.8) is 0 Å². The highest BCUT2D eigenvalue weighted by molar-refractivity contribution is 8.04. The van der Waals surface area contributed by atoms with Crippen molar-refractivity contribution < 1.29 is 23.9 Å². The van der Waals surface area contributed by atoms with E-state index in [-0.39, 0.29) is 29.7 Å². The maximum absolute atomic E-state index is 13.0. The van der Waals surface area contributed by atoms with Crippen LogP contribution in [-0.2, 0) is 19.1 Å².